The van der Waals surface area contributed by atoms with Gasteiger partial charge < -0.3 is 5.32 Å². The van der Waals surface area contributed by atoms with E-state index < -0.39 is 0 Å². The molecule has 0 radical (unpaired) electrons. The second-order valence-corrected chi connectivity index (χ2v) is 5.34. The molecule has 4 nitrogen and oxygen atoms in total. The highest BCUT2D eigenvalue weighted by Gasteiger charge is 2.09. The van der Waals surface area contributed by atoms with Crippen LogP contribution >= 0.6 is 11.3 Å². The van der Waals surface area contributed by atoms with Gasteiger partial charge in [-0.1, -0.05) is 0 Å². The number of carbonyl (C=O) groups is 1. The Morgan fingerprint density at radius 3 is 2.67 bits per heavy atom. The number of carbonyl (C=O) groups excluding carboxylic acids is 1. The summed E-state index contributed by atoms with van der Waals surface area (Å²) in [4.78, 5) is 21.1. The van der Waals surface area contributed by atoms with Gasteiger partial charge in [0.25, 0.3) is 0 Å². The van der Waals surface area contributed by atoms with Gasteiger partial charge in [-0.15, -0.1) is 11.3 Å². The first-order valence-electron chi connectivity index (χ1n) is 5.73. The largest absolute Gasteiger partial charge is 0.352 e. The topological polar surface area (TPSA) is 54.9 Å². The van der Waals surface area contributed by atoms with Crippen molar-refractivity contribution in [1.82, 2.24) is 15.3 Å². The van der Waals surface area contributed by atoms with Crippen molar-refractivity contribution in [2.75, 3.05) is 0 Å². The molecule has 0 aliphatic carbocycles. The van der Waals surface area contributed by atoms with Gasteiger partial charge in [0.2, 0.25) is 5.91 Å². The number of aromatic nitrogens is 2. The second kappa shape index (κ2) is 5.73. The summed E-state index contributed by atoms with van der Waals surface area (Å²) in [6.07, 6.45) is 3.85. The van der Waals surface area contributed by atoms with Gasteiger partial charge in [-0.3, -0.25) is 9.78 Å². The number of aryl methyl sites for hydroxylation is 2. The molecule has 0 aromatic carbocycles. The molecule has 0 saturated heterocycles. The molecule has 2 aromatic heterocycles. The number of amides is 1. The molecule has 0 bridgehead atoms. The molecule has 18 heavy (non-hydrogen) atoms. The first kappa shape index (κ1) is 12.7. The maximum absolute atomic E-state index is 11.8. The van der Waals surface area contributed by atoms with Crippen molar-refractivity contribution in [3.8, 4) is 0 Å². The van der Waals surface area contributed by atoms with Crippen molar-refractivity contribution >= 4 is 17.2 Å². The van der Waals surface area contributed by atoms with E-state index in [1.165, 1.54) is 0 Å². The van der Waals surface area contributed by atoms with Gasteiger partial charge in [-0.2, -0.15) is 0 Å². The molecule has 1 amide bonds. The molecule has 2 heterocycles. The van der Waals surface area contributed by atoms with Gasteiger partial charge in [0.15, 0.2) is 0 Å². The van der Waals surface area contributed by atoms with Crippen LogP contribution in [0.25, 0.3) is 0 Å². The van der Waals surface area contributed by atoms with E-state index in [9.17, 15) is 4.79 Å². The van der Waals surface area contributed by atoms with Crippen LogP contribution in [0.3, 0.4) is 0 Å². The molecule has 94 valence electrons. The van der Waals surface area contributed by atoms with E-state index in [2.05, 4.69) is 15.3 Å². The van der Waals surface area contributed by atoms with Crippen molar-refractivity contribution in [2.45, 2.75) is 26.8 Å². The molecule has 0 fully saturated rings. The summed E-state index contributed by atoms with van der Waals surface area (Å²) < 4.78 is 0. The Kier molecular flexibility index (Phi) is 4.04. The number of hydrogen-bond donors (Lipinski definition) is 1. The Balaban J connectivity index is 1.88. The Morgan fingerprint density at radius 2 is 2.06 bits per heavy atom. The van der Waals surface area contributed by atoms with E-state index in [0.29, 0.717) is 13.0 Å². The second-order valence-electron chi connectivity index (χ2n) is 4.05. The van der Waals surface area contributed by atoms with Crippen LogP contribution in [0.5, 0.6) is 0 Å². The minimum absolute atomic E-state index is 0.0264. The first-order chi connectivity index (χ1) is 8.65. The Bertz CT molecular complexity index is 536. The fourth-order valence-corrected chi connectivity index (χ4v) is 2.58. The summed E-state index contributed by atoms with van der Waals surface area (Å²) in [5.41, 5.74) is 2.01. The van der Waals surface area contributed by atoms with Crippen molar-refractivity contribution in [3.63, 3.8) is 0 Å². The molecular weight excluding hydrogens is 246 g/mol. The summed E-state index contributed by atoms with van der Waals surface area (Å²) in [5, 5.41) is 3.90. The van der Waals surface area contributed by atoms with Crippen LogP contribution in [-0.2, 0) is 17.8 Å². The van der Waals surface area contributed by atoms with Crippen LogP contribution in [0, 0.1) is 13.8 Å². The molecule has 0 aliphatic heterocycles. The Labute approximate surface area is 110 Å². The van der Waals surface area contributed by atoms with E-state index >= 15 is 0 Å². The number of pyridine rings is 1. The highest BCUT2D eigenvalue weighted by Crippen LogP contribution is 2.17. The zero-order valence-electron chi connectivity index (χ0n) is 10.4. The van der Waals surface area contributed by atoms with E-state index in [1.54, 1.807) is 23.7 Å². The lowest BCUT2D eigenvalue weighted by Gasteiger charge is -2.04. The predicted octanol–water partition coefficient (Wildman–Crippen LogP) is 2.01. The molecule has 0 aliphatic rings. The predicted molar refractivity (Wildman–Crippen MR) is 71.4 cm³/mol. The third kappa shape index (κ3) is 3.37. The third-order valence-electron chi connectivity index (χ3n) is 2.56. The zero-order valence-corrected chi connectivity index (χ0v) is 11.3. The van der Waals surface area contributed by atoms with Gasteiger partial charge in [-0.25, -0.2) is 4.98 Å². The lowest BCUT2D eigenvalue weighted by atomic mass is 10.2. The fraction of sp³-hybridized carbons (Fsp3) is 0.308. The normalized spacial score (nSPS) is 10.3. The van der Waals surface area contributed by atoms with Crippen LogP contribution in [-0.4, -0.2) is 15.9 Å². The van der Waals surface area contributed by atoms with Crippen LogP contribution in [0.2, 0.25) is 0 Å². The lowest BCUT2D eigenvalue weighted by molar-refractivity contribution is -0.120. The molecule has 0 atom stereocenters. The van der Waals surface area contributed by atoms with Crippen molar-refractivity contribution in [3.05, 3.63) is 45.7 Å². The van der Waals surface area contributed by atoms with Crippen LogP contribution in [0.1, 0.15) is 21.1 Å². The van der Waals surface area contributed by atoms with E-state index in [-0.39, 0.29) is 5.91 Å². The molecule has 5 heteroatoms. The fourth-order valence-electron chi connectivity index (χ4n) is 1.65. The van der Waals surface area contributed by atoms with Gasteiger partial charge in [0.1, 0.15) is 0 Å². The van der Waals surface area contributed by atoms with E-state index in [4.69, 9.17) is 0 Å². The highest BCUT2D eigenvalue weighted by atomic mass is 32.1. The molecule has 2 rings (SSSR count). The number of nitrogens with zero attached hydrogens (tertiary/aromatic N) is 2. The van der Waals surface area contributed by atoms with E-state index in [0.717, 1.165) is 21.1 Å². The molecular formula is C13H15N3OS. The smallest absolute Gasteiger partial charge is 0.225 e. The summed E-state index contributed by atoms with van der Waals surface area (Å²) >= 11 is 1.58. The maximum atomic E-state index is 11.8. The summed E-state index contributed by atoms with van der Waals surface area (Å²) in [7, 11) is 0. The Hall–Kier alpha value is -1.75. The average Bonchev–Trinajstić information content (AvgIpc) is 2.67. The number of nitrogens with one attached hydrogen (secondary N) is 1. The number of rotatable bonds is 4. The summed E-state index contributed by atoms with van der Waals surface area (Å²) in [6, 6.07) is 3.78. The first-order valence-corrected chi connectivity index (χ1v) is 6.55. The third-order valence-corrected chi connectivity index (χ3v) is 3.63. The minimum Gasteiger partial charge on any atom is -0.352 e. The molecule has 0 saturated carbocycles. The van der Waals surface area contributed by atoms with Crippen molar-refractivity contribution < 1.29 is 4.79 Å². The molecule has 1 N–H and O–H groups in total. The standard InChI is InChI=1S/C13H15N3OS/c1-9-12(18-10(2)16-9)7-13(17)15-8-11-3-5-14-6-4-11/h3-6H,7-8H2,1-2H3,(H,15,17). The summed E-state index contributed by atoms with van der Waals surface area (Å²) in [6.45, 7) is 4.43. The zero-order chi connectivity index (χ0) is 13.0. The van der Waals surface area contributed by atoms with Gasteiger partial charge >= 0.3 is 0 Å². The van der Waals surface area contributed by atoms with Gasteiger partial charge in [0, 0.05) is 23.8 Å². The minimum atomic E-state index is 0.0264. The Morgan fingerprint density at radius 1 is 1.33 bits per heavy atom. The van der Waals surface area contributed by atoms with Crippen molar-refractivity contribution in [2.24, 2.45) is 0 Å². The molecule has 2 aromatic rings. The maximum Gasteiger partial charge on any atom is 0.225 e. The molecule has 0 unspecified atom stereocenters. The van der Waals surface area contributed by atoms with Crippen molar-refractivity contribution in [1.29, 1.82) is 0 Å². The van der Waals surface area contributed by atoms with Gasteiger partial charge in [-0.05, 0) is 31.5 Å². The molecule has 0 spiro atoms. The highest BCUT2D eigenvalue weighted by molar-refractivity contribution is 7.11. The number of thiazole rings is 1. The quantitative estimate of drug-likeness (QED) is 0.916. The van der Waals surface area contributed by atoms with E-state index in [1.807, 2.05) is 26.0 Å². The number of hydrogen-bond acceptors (Lipinski definition) is 4. The van der Waals surface area contributed by atoms with Crippen LogP contribution < -0.4 is 5.32 Å². The SMILES string of the molecule is Cc1nc(C)c(CC(=O)NCc2ccncc2)s1. The lowest BCUT2D eigenvalue weighted by Crippen LogP contribution is -2.24. The summed E-state index contributed by atoms with van der Waals surface area (Å²) in [5.74, 6) is 0.0264. The van der Waals surface area contributed by atoms with Crippen LogP contribution in [0.4, 0.5) is 0 Å². The van der Waals surface area contributed by atoms with Crippen LogP contribution in [0.15, 0.2) is 24.5 Å². The monoisotopic (exact) mass is 261 g/mol. The average molecular weight is 261 g/mol. The van der Waals surface area contributed by atoms with Gasteiger partial charge in [0.05, 0.1) is 17.1 Å².